The lowest BCUT2D eigenvalue weighted by atomic mass is 10.1. The molecule has 0 aliphatic heterocycles. The highest BCUT2D eigenvalue weighted by molar-refractivity contribution is 7.93. The zero-order valence-electron chi connectivity index (χ0n) is 16.2. The summed E-state index contributed by atoms with van der Waals surface area (Å²) < 4.78 is 33.2. The Morgan fingerprint density at radius 2 is 1.83 bits per heavy atom. The molecule has 4 rings (SSSR count). The van der Waals surface area contributed by atoms with Crippen molar-refractivity contribution in [3.63, 3.8) is 0 Å². The molecule has 6 nitrogen and oxygen atoms in total. The highest BCUT2D eigenvalue weighted by Crippen LogP contribution is 2.36. The highest BCUT2D eigenvalue weighted by Gasteiger charge is 2.28. The second kappa shape index (κ2) is 8.22. The molecule has 9 heteroatoms. The largest absolute Gasteiger partial charge is 0.333 e. The first kappa shape index (κ1) is 20.6. The van der Waals surface area contributed by atoms with E-state index in [1.54, 1.807) is 41.8 Å². The van der Waals surface area contributed by atoms with Crippen LogP contribution in [0.3, 0.4) is 0 Å². The van der Waals surface area contributed by atoms with Crippen LogP contribution in [-0.2, 0) is 16.4 Å². The van der Waals surface area contributed by atoms with Gasteiger partial charge in [-0.2, -0.15) is 4.98 Å². The second-order valence-electron chi connectivity index (χ2n) is 6.51. The zero-order valence-corrected chi connectivity index (χ0v) is 18.6. The van der Waals surface area contributed by atoms with Gasteiger partial charge in [-0.15, -0.1) is 11.3 Å². The van der Waals surface area contributed by atoms with Gasteiger partial charge in [0.2, 0.25) is 5.82 Å². The van der Waals surface area contributed by atoms with Crippen molar-refractivity contribution in [2.24, 2.45) is 0 Å². The molecule has 0 unspecified atom stereocenters. The fourth-order valence-corrected chi connectivity index (χ4v) is 5.68. The molecule has 0 fully saturated rings. The Morgan fingerprint density at radius 1 is 1.10 bits per heavy atom. The van der Waals surface area contributed by atoms with Crippen LogP contribution < -0.4 is 4.31 Å². The first-order valence-electron chi connectivity index (χ1n) is 9.16. The first-order chi connectivity index (χ1) is 14.4. The predicted molar refractivity (Wildman–Crippen MR) is 119 cm³/mol. The number of aryl methyl sites for hydroxylation is 1. The van der Waals surface area contributed by atoms with Gasteiger partial charge in [0.1, 0.15) is 9.77 Å². The van der Waals surface area contributed by atoms with Crippen LogP contribution in [0.1, 0.15) is 12.5 Å². The molecule has 4 aromatic rings. The molecule has 0 saturated carbocycles. The summed E-state index contributed by atoms with van der Waals surface area (Å²) in [5, 5.41) is 6.15. The number of halogens is 1. The van der Waals surface area contributed by atoms with Crippen LogP contribution in [-0.4, -0.2) is 25.6 Å². The van der Waals surface area contributed by atoms with E-state index in [0.717, 1.165) is 12.0 Å². The van der Waals surface area contributed by atoms with Crippen molar-refractivity contribution < 1.29 is 12.9 Å². The van der Waals surface area contributed by atoms with E-state index in [9.17, 15) is 8.42 Å². The summed E-state index contributed by atoms with van der Waals surface area (Å²) in [4.78, 5) is 4.88. The fraction of sp³-hybridized carbons (Fsp3) is 0.143. The molecular weight excluding hydrogens is 442 g/mol. The monoisotopic (exact) mass is 459 g/mol. The van der Waals surface area contributed by atoms with Crippen LogP contribution in [0.5, 0.6) is 0 Å². The van der Waals surface area contributed by atoms with Crippen molar-refractivity contribution in [2.45, 2.75) is 18.2 Å². The van der Waals surface area contributed by atoms with Gasteiger partial charge in [0.15, 0.2) is 0 Å². The molecule has 2 aromatic carbocycles. The van der Waals surface area contributed by atoms with E-state index in [-0.39, 0.29) is 10.8 Å². The topological polar surface area (TPSA) is 76.3 Å². The Balaban J connectivity index is 1.70. The van der Waals surface area contributed by atoms with E-state index in [0.29, 0.717) is 27.0 Å². The molecule has 0 atom stereocenters. The molecule has 2 aromatic heterocycles. The number of nitrogens with zero attached hydrogens (tertiary/aromatic N) is 3. The quantitative estimate of drug-likeness (QED) is 0.380. The third kappa shape index (κ3) is 3.74. The van der Waals surface area contributed by atoms with E-state index in [1.165, 1.54) is 22.7 Å². The smallest absolute Gasteiger partial charge is 0.269 e. The first-order valence-corrected chi connectivity index (χ1v) is 11.9. The summed E-state index contributed by atoms with van der Waals surface area (Å²) in [5.74, 6) is 0.434. The van der Waals surface area contributed by atoms with Gasteiger partial charge in [0.05, 0.1) is 10.7 Å². The average molecular weight is 460 g/mol. The van der Waals surface area contributed by atoms with Crippen LogP contribution >= 0.6 is 22.9 Å². The van der Waals surface area contributed by atoms with E-state index in [4.69, 9.17) is 16.1 Å². The lowest BCUT2D eigenvalue weighted by molar-refractivity contribution is 0.432. The number of rotatable bonds is 6. The standard InChI is InChI=1S/C21H18ClN3O3S2/c1-3-14-8-10-15(11-9-14)25(2)30(26,27)18-12-13-29-19(18)21-23-20(24-28-21)16-6-4-5-7-17(16)22/h4-13H,3H2,1-2H3. The van der Waals surface area contributed by atoms with Gasteiger partial charge in [-0.05, 0) is 47.7 Å². The molecule has 0 amide bonds. The molecule has 0 radical (unpaired) electrons. The van der Waals surface area contributed by atoms with Crippen molar-refractivity contribution in [2.75, 3.05) is 11.4 Å². The molecule has 2 heterocycles. The number of hydrogen-bond acceptors (Lipinski definition) is 6. The van der Waals surface area contributed by atoms with E-state index in [2.05, 4.69) is 10.1 Å². The van der Waals surface area contributed by atoms with Crippen molar-refractivity contribution in [3.05, 3.63) is 70.6 Å². The van der Waals surface area contributed by atoms with Crippen LogP contribution in [0.15, 0.2) is 69.4 Å². The maximum atomic E-state index is 13.3. The normalized spacial score (nSPS) is 11.6. The van der Waals surface area contributed by atoms with Gasteiger partial charge < -0.3 is 4.52 Å². The third-order valence-electron chi connectivity index (χ3n) is 4.71. The Morgan fingerprint density at radius 3 is 2.53 bits per heavy atom. The molecule has 0 spiro atoms. The van der Waals surface area contributed by atoms with Crippen molar-refractivity contribution in [3.8, 4) is 22.2 Å². The van der Waals surface area contributed by atoms with Gasteiger partial charge >= 0.3 is 0 Å². The predicted octanol–water partition coefficient (Wildman–Crippen LogP) is 5.51. The van der Waals surface area contributed by atoms with Crippen LogP contribution in [0, 0.1) is 0 Å². The number of hydrogen-bond donors (Lipinski definition) is 0. The van der Waals surface area contributed by atoms with Crippen molar-refractivity contribution >= 4 is 38.6 Å². The lowest BCUT2D eigenvalue weighted by Gasteiger charge is -2.19. The molecular formula is C21H18ClN3O3S2. The number of thiophene rings is 1. The molecule has 154 valence electrons. The Kier molecular flexibility index (Phi) is 5.64. The van der Waals surface area contributed by atoms with Crippen molar-refractivity contribution in [1.82, 2.24) is 10.1 Å². The third-order valence-corrected chi connectivity index (χ3v) is 7.90. The lowest BCUT2D eigenvalue weighted by Crippen LogP contribution is -2.26. The molecule has 0 aliphatic carbocycles. The molecule has 30 heavy (non-hydrogen) atoms. The Labute approximate surface area is 183 Å². The van der Waals surface area contributed by atoms with E-state index < -0.39 is 10.0 Å². The summed E-state index contributed by atoms with van der Waals surface area (Å²) in [6.45, 7) is 2.05. The van der Waals surface area contributed by atoms with Gasteiger partial charge in [-0.1, -0.05) is 47.9 Å². The Bertz CT molecular complexity index is 1280. The fourth-order valence-electron chi connectivity index (χ4n) is 2.95. The molecule has 0 aliphatic rings. The SMILES string of the molecule is CCc1ccc(N(C)S(=O)(=O)c2ccsc2-c2nc(-c3ccccc3Cl)no2)cc1. The number of anilines is 1. The maximum absolute atomic E-state index is 13.3. The minimum absolute atomic E-state index is 0.115. The summed E-state index contributed by atoms with van der Waals surface area (Å²) >= 11 is 7.43. The van der Waals surface area contributed by atoms with Gasteiger partial charge in [-0.3, -0.25) is 4.31 Å². The summed E-state index contributed by atoms with van der Waals surface area (Å²) in [5.41, 5.74) is 2.33. The van der Waals surface area contributed by atoms with Crippen LogP contribution in [0.2, 0.25) is 5.02 Å². The second-order valence-corrected chi connectivity index (χ2v) is 9.77. The van der Waals surface area contributed by atoms with Crippen LogP contribution in [0.4, 0.5) is 5.69 Å². The minimum atomic E-state index is -3.82. The van der Waals surface area contributed by atoms with Gasteiger partial charge in [0.25, 0.3) is 15.9 Å². The summed E-state index contributed by atoms with van der Waals surface area (Å²) in [6, 6.07) is 16.1. The van der Waals surface area contributed by atoms with E-state index >= 15 is 0 Å². The summed E-state index contributed by atoms with van der Waals surface area (Å²) in [7, 11) is -2.29. The number of aromatic nitrogens is 2. The van der Waals surface area contributed by atoms with Crippen molar-refractivity contribution in [1.29, 1.82) is 0 Å². The van der Waals surface area contributed by atoms with Crippen LogP contribution in [0.25, 0.3) is 22.2 Å². The minimum Gasteiger partial charge on any atom is -0.333 e. The van der Waals surface area contributed by atoms with E-state index in [1.807, 2.05) is 25.1 Å². The molecule has 0 saturated heterocycles. The molecule has 0 bridgehead atoms. The zero-order chi connectivity index (χ0) is 21.3. The molecule has 0 N–H and O–H groups in total. The number of sulfonamides is 1. The number of benzene rings is 2. The highest BCUT2D eigenvalue weighted by atomic mass is 35.5. The average Bonchev–Trinajstić information content (AvgIpc) is 3.43. The maximum Gasteiger partial charge on any atom is 0.269 e. The van der Waals surface area contributed by atoms with Gasteiger partial charge in [-0.25, -0.2) is 8.42 Å². The Hall–Kier alpha value is -2.68. The van der Waals surface area contributed by atoms with Gasteiger partial charge in [0, 0.05) is 12.6 Å². The summed E-state index contributed by atoms with van der Waals surface area (Å²) in [6.07, 6.45) is 0.885.